The van der Waals surface area contributed by atoms with E-state index in [0.29, 0.717) is 5.82 Å². The van der Waals surface area contributed by atoms with Gasteiger partial charge in [-0.1, -0.05) is 0 Å². The van der Waals surface area contributed by atoms with E-state index in [4.69, 9.17) is 10.5 Å². The van der Waals surface area contributed by atoms with Crippen molar-refractivity contribution in [3.8, 4) is 5.75 Å². The number of ether oxygens (including phenoxy) is 1. The first-order valence-corrected chi connectivity index (χ1v) is 2.58. The summed E-state index contributed by atoms with van der Waals surface area (Å²) in [7, 11) is 1.59. The molecule has 0 atom stereocenters. The van der Waals surface area contributed by atoms with E-state index < -0.39 is 0 Å². The molecule has 0 aliphatic carbocycles. The fraction of sp³-hybridized carbons (Fsp3) is 0.167. The van der Waals surface area contributed by atoms with Crippen LogP contribution in [0, 0.1) is 0 Å². The Morgan fingerprint density at radius 1 is 1.78 bits per heavy atom. The number of rotatable bonds is 1. The van der Waals surface area contributed by atoms with Gasteiger partial charge in [0.05, 0.1) is 7.11 Å². The second kappa shape index (κ2) is 2.35. The number of aromatic nitrogens is 1. The van der Waals surface area contributed by atoms with Crippen LogP contribution in [-0.2, 0) is 0 Å². The summed E-state index contributed by atoms with van der Waals surface area (Å²) in [5.41, 5.74) is 5.34. The van der Waals surface area contributed by atoms with Gasteiger partial charge in [-0.3, -0.25) is 0 Å². The van der Waals surface area contributed by atoms with Gasteiger partial charge in [-0.2, -0.15) is 0 Å². The first-order valence-electron chi connectivity index (χ1n) is 2.58. The molecule has 0 fully saturated rings. The predicted molar refractivity (Wildman–Crippen MR) is 36.3 cm³/mol. The zero-order valence-electron chi connectivity index (χ0n) is 6.16. The molecule has 48 valence electrons. The van der Waals surface area contributed by atoms with Crippen LogP contribution in [0.4, 0.5) is 5.82 Å². The number of anilines is 1. The SMILES string of the molecule is COc1ccnc(N)c1.[H+]. The average molecular weight is 125 g/mol. The number of pyridine rings is 1. The fourth-order valence-corrected chi connectivity index (χ4v) is 0.555. The largest absolute Gasteiger partial charge is 1.00 e. The van der Waals surface area contributed by atoms with E-state index in [-0.39, 0.29) is 1.43 Å². The van der Waals surface area contributed by atoms with Gasteiger partial charge in [0.25, 0.3) is 0 Å². The van der Waals surface area contributed by atoms with Crippen LogP contribution in [0.1, 0.15) is 1.43 Å². The van der Waals surface area contributed by atoms with Crippen molar-refractivity contribution in [2.24, 2.45) is 0 Å². The molecule has 3 heteroatoms. The van der Waals surface area contributed by atoms with Crippen molar-refractivity contribution in [2.75, 3.05) is 12.8 Å². The smallest absolute Gasteiger partial charge is 0.497 e. The average Bonchev–Trinajstić information content (AvgIpc) is 1.88. The Hall–Kier alpha value is -1.25. The zero-order chi connectivity index (χ0) is 6.69. The van der Waals surface area contributed by atoms with Crippen LogP contribution in [-0.4, -0.2) is 12.1 Å². The lowest BCUT2D eigenvalue weighted by Crippen LogP contribution is -1.89. The Kier molecular flexibility index (Phi) is 1.53. The van der Waals surface area contributed by atoms with Gasteiger partial charge in [-0.05, 0) is 6.07 Å². The molecule has 0 aromatic carbocycles. The van der Waals surface area contributed by atoms with Gasteiger partial charge in [0.15, 0.2) is 0 Å². The molecule has 0 aliphatic heterocycles. The quantitative estimate of drug-likeness (QED) is 0.603. The Morgan fingerprint density at radius 2 is 2.56 bits per heavy atom. The maximum absolute atomic E-state index is 5.34. The van der Waals surface area contributed by atoms with E-state index in [9.17, 15) is 0 Å². The molecular weight excluding hydrogens is 116 g/mol. The van der Waals surface area contributed by atoms with Crippen LogP contribution in [0.25, 0.3) is 0 Å². The van der Waals surface area contributed by atoms with Crippen LogP contribution in [0.5, 0.6) is 5.75 Å². The lowest BCUT2D eigenvalue weighted by Gasteiger charge is -1.97. The summed E-state index contributed by atoms with van der Waals surface area (Å²) < 4.78 is 4.88. The lowest BCUT2D eigenvalue weighted by atomic mass is 10.4. The Bertz CT molecular complexity index is 205. The second-order valence-electron chi connectivity index (χ2n) is 1.62. The standard InChI is InChI=1S/C6H8N2O/c1-9-5-2-3-8-6(7)4-5/h2-4H,1H3,(H2,7,8)/p+1. The monoisotopic (exact) mass is 125 g/mol. The highest BCUT2D eigenvalue weighted by Crippen LogP contribution is 2.09. The topological polar surface area (TPSA) is 48.1 Å². The van der Waals surface area contributed by atoms with E-state index in [2.05, 4.69) is 4.98 Å². The maximum atomic E-state index is 5.34. The van der Waals surface area contributed by atoms with E-state index in [1.54, 1.807) is 25.4 Å². The molecule has 0 radical (unpaired) electrons. The molecule has 1 aromatic rings. The van der Waals surface area contributed by atoms with Crippen molar-refractivity contribution in [3.63, 3.8) is 0 Å². The van der Waals surface area contributed by atoms with Gasteiger partial charge in [-0.25, -0.2) is 4.98 Å². The highest BCUT2D eigenvalue weighted by atomic mass is 16.5. The van der Waals surface area contributed by atoms with E-state index in [0.717, 1.165) is 5.75 Å². The van der Waals surface area contributed by atoms with Gasteiger partial charge in [0, 0.05) is 12.3 Å². The van der Waals surface area contributed by atoms with Gasteiger partial charge < -0.3 is 10.5 Å². The maximum Gasteiger partial charge on any atom is 1.00 e. The molecule has 0 spiro atoms. The molecule has 1 heterocycles. The van der Waals surface area contributed by atoms with Crippen LogP contribution in [0.2, 0.25) is 0 Å². The Labute approximate surface area is 55.0 Å². The number of hydrogen-bond acceptors (Lipinski definition) is 3. The third-order valence-electron chi connectivity index (χ3n) is 0.988. The molecule has 0 aliphatic rings. The minimum Gasteiger partial charge on any atom is -0.497 e. The molecule has 1 rings (SSSR count). The fourth-order valence-electron chi connectivity index (χ4n) is 0.555. The van der Waals surface area contributed by atoms with Crippen LogP contribution >= 0.6 is 0 Å². The summed E-state index contributed by atoms with van der Waals surface area (Å²) in [5, 5.41) is 0. The highest BCUT2D eigenvalue weighted by Gasteiger charge is 1.88. The first kappa shape index (κ1) is 5.88. The lowest BCUT2D eigenvalue weighted by molar-refractivity contribution is 0.414. The van der Waals surface area contributed by atoms with Crippen molar-refractivity contribution in [3.05, 3.63) is 18.3 Å². The first-order chi connectivity index (χ1) is 4.33. The van der Waals surface area contributed by atoms with E-state index in [1.807, 2.05) is 0 Å². The van der Waals surface area contributed by atoms with Crippen molar-refractivity contribution < 1.29 is 6.16 Å². The number of nitrogens with two attached hydrogens (primary N) is 1. The van der Waals surface area contributed by atoms with E-state index in [1.165, 1.54) is 0 Å². The number of hydrogen-bond donors (Lipinski definition) is 1. The molecule has 0 bridgehead atoms. The summed E-state index contributed by atoms with van der Waals surface area (Å²) in [4.78, 5) is 3.79. The molecule has 3 nitrogen and oxygen atoms in total. The van der Waals surface area contributed by atoms with Crippen LogP contribution in [0.3, 0.4) is 0 Å². The van der Waals surface area contributed by atoms with Gasteiger partial charge in [0.1, 0.15) is 11.6 Å². The van der Waals surface area contributed by atoms with Gasteiger partial charge in [0.2, 0.25) is 0 Å². The normalized spacial score (nSPS) is 9.00. The van der Waals surface area contributed by atoms with Gasteiger partial charge in [-0.15, -0.1) is 0 Å². The zero-order valence-corrected chi connectivity index (χ0v) is 5.16. The molecule has 9 heavy (non-hydrogen) atoms. The summed E-state index contributed by atoms with van der Waals surface area (Å²) in [6.07, 6.45) is 1.61. The molecule has 0 saturated carbocycles. The third kappa shape index (κ3) is 1.32. The number of nitrogen functional groups attached to an aromatic ring is 1. The molecule has 0 unspecified atom stereocenters. The number of methoxy groups -OCH3 is 1. The van der Waals surface area contributed by atoms with Gasteiger partial charge >= 0.3 is 1.43 Å². The molecular formula is C6H9N2O+. The second-order valence-corrected chi connectivity index (χ2v) is 1.62. The minimum absolute atomic E-state index is 0. The number of nitrogens with zero attached hydrogens (tertiary/aromatic N) is 1. The molecule has 0 saturated heterocycles. The molecule has 1 aromatic heterocycles. The summed E-state index contributed by atoms with van der Waals surface area (Å²) in [6.45, 7) is 0. The predicted octanol–water partition coefficient (Wildman–Crippen LogP) is 0.785. The minimum atomic E-state index is 0. The van der Waals surface area contributed by atoms with E-state index >= 15 is 0 Å². The summed E-state index contributed by atoms with van der Waals surface area (Å²) in [6, 6.07) is 3.41. The van der Waals surface area contributed by atoms with Crippen LogP contribution in [0.15, 0.2) is 18.3 Å². The Balaban J connectivity index is 0.000000810. The molecule has 0 amide bonds. The Morgan fingerprint density at radius 3 is 3.00 bits per heavy atom. The van der Waals surface area contributed by atoms with Crippen molar-refractivity contribution in [1.29, 1.82) is 0 Å². The van der Waals surface area contributed by atoms with Crippen molar-refractivity contribution >= 4 is 5.82 Å². The van der Waals surface area contributed by atoms with Crippen molar-refractivity contribution in [1.82, 2.24) is 4.98 Å². The highest BCUT2D eigenvalue weighted by molar-refractivity contribution is 5.35. The summed E-state index contributed by atoms with van der Waals surface area (Å²) >= 11 is 0. The summed E-state index contributed by atoms with van der Waals surface area (Å²) in [5.74, 6) is 1.22. The third-order valence-corrected chi connectivity index (χ3v) is 0.988. The van der Waals surface area contributed by atoms with Crippen LogP contribution < -0.4 is 10.5 Å². The molecule has 2 N–H and O–H groups in total. The van der Waals surface area contributed by atoms with Crippen molar-refractivity contribution in [2.45, 2.75) is 0 Å².